The number of hydrogen-bond donors (Lipinski definition) is 0. The van der Waals surface area contributed by atoms with Gasteiger partial charge in [0.1, 0.15) is 11.5 Å². The van der Waals surface area contributed by atoms with E-state index < -0.39 is 0 Å². The second-order valence-electron chi connectivity index (χ2n) is 4.91. The van der Waals surface area contributed by atoms with Crippen molar-refractivity contribution in [1.29, 1.82) is 0 Å². The fraction of sp³-hybridized carbons (Fsp3) is 0.353. The maximum absolute atomic E-state index is 12.0. The molecule has 1 atom stereocenters. The number of rotatable bonds is 5. The lowest BCUT2D eigenvalue weighted by molar-refractivity contribution is -0.120. The molecule has 2 heteroatoms. The van der Waals surface area contributed by atoms with E-state index in [1.54, 1.807) is 7.11 Å². The molecule has 0 fully saturated rings. The molecular formula is C17H20O2. The lowest BCUT2D eigenvalue weighted by Gasteiger charge is -2.11. The third-order valence-electron chi connectivity index (χ3n) is 3.55. The maximum Gasteiger partial charge on any atom is 0.140 e. The lowest BCUT2D eigenvalue weighted by Crippen LogP contribution is -2.08. The average molecular weight is 256 g/mol. The van der Waals surface area contributed by atoms with E-state index >= 15 is 0 Å². The van der Waals surface area contributed by atoms with Gasteiger partial charge in [-0.15, -0.1) is 0 Å². The standard InChI is InChI=1S/C17H20O2/c1-4-5-17(18)12(2)13-6-7-15-11-16(19-3)9-8-14(15)10-13/h6-12H,4-5H2,1-3H3. The molecule has 0 aliphatic rings. The Bertz CT molecular complexity index is 587. The van der Waals surface area contributed by atoms with E-state index in [0.29, 0.717) is 12.2 Å². The smallest absolute Gasteiger partial charge is 0.140 e. The molecule has 1 unspecified atom stereocenters. The van der Waals surface area contributed by atoms with Crippen LogP contribution in [0.4, 0.5) is 0 Å². The fourth-order valence-electron chi connectivity index (χ4n) is 2.29. The largest absolute Gasteiger partial charge is 0.497 e. The molecule has 0 aromatic heterocycles. The van der Waals surface area contributed by atoms with Gasteiger partial charge in [0.25, 0.3) is 0 Å². The third kappa shape index (κ3) is 2.95. The molecule has 2 nitrogen and oxygen atoms in total. The van der Waals surface area contributed by atoms with Gasteiger partial charge in [-0.1, -0.05) is 38.1 Å². The number of benzene rings is 2. The number of ether oxygens (including phenoxy) is 1. The van der Waals surface area contributed by atoms with E-state index in [-0.39, 0.29) is 5.92 Å². The van der Waals surface area contributed by atoms with Crippen molar-refractivity contribution < 1.29 is 9.53 Å². The van der Waals surface area contributed by atoms with Gasteiger partial charge in [-0.05, 0) is 34.9 Å². The van der Waals surface area contributed by atoms with Crippen LogP contribution < -0.4 is 4.74 Å². The predicted molar refractivity (Wildman–Crippen MR) is 78.8 cm³/mol. The fourth-order valence-corrected chi connectivity index (χ4v) is 2.29. The Morgan fingerprint density at radius 3 is 2.53 bits per heavy atom. The molecular weight excluding hydrogens is 236 g/mol. The third-order valence-corrected chi connectivity index (χ3v) is 3.55. The monoisotopic (exact) mass is 256 g/mol. The van der Waals surface area contributed by atoms with Crippen LogP contribution in [0.15, 0.2) is 36.4 Å². The predicted octanol–water partition coefficient (Wildman–Crippen LogP) is 4.32. The molecule has 0 radical (unpaired) electrons. The summed E-state index contributed by atoms with van der Waals surface area (Å²) in [6.07, 6.45) is 1.57. The molecule has 0 heterocycles. The van der Waals surface area contributed by atoms with E-state index in [2.05, 4.69) is 12.1 Å². The van der Waals surface area contributed by atoms with Gasteiger partial charge in [-0.25, -0.2) is 0 Å². The van der Waals surface area contributed by atoms with Crippen LogP contribution in [0.25, 0.3) is 10.8 Å². The molecule has 0 saturated carbocycles. The first-order valence-electron chi connectivity index (χ1n) is 6.76. The van der Waals surface area contributed by atoms with Gasteiger partial charge in [0.05, 0.1) is 7.11 Å². The molecule has 0 aliphatic carbocycles. The van der Waals surface area contributed by atoms with Gasteiger partial charge in [-0.2, -0.15) is 0 Å². The molecule has 0 aliphatic heterocycles. The highest BCUT2D eigenvalue weighted by Gasteiger charge is 2.14. The SMILES string of the molecule is CCCC(=O)C(C)c1ccc2cc(OC)ccc2c1. The van der Waals surface area contributed by atoms with Gasteiger partial charge >= 0.3 is 0 Å². The Morgan fingerprint density at radius 1 is 1.16 bits per heavy atom. The summed E-state index contributed by atoms with van der Waals surface area (Å²) in [7, 11) is 1.67. The Morgan fingerprint density at radius 2 is 1.84 bits per heavy atom. The van der Waals surface area contributed by atoms with Crippen molar-refractivity contribution in [2.45, 2.75) is 32.6 Å². The number of carbonyl (C=O) groups excluding carboxylic acids is 1. The highest BCUT2D eigenvalue weighted by molar-refractivity contribution is 5.89. The molecule has 100 valence electrons. The zero-order chi connectivity index (χ0) is 13.8. The summed E-state index contributed by atoms with van der Waals surface area (Å²) in [6, 6.07) is 12.2. The zero-order valence-corrected chi connectivity index (χ0v) is 11.8. The highest BCUT2D eigenvalue weighted by Crippen LogP contribution is 2.26. The number of fused-ring (bicyclic) bond motifs is 1. The number of methoxy groups -OCH3 is 1. The summed E-state index contributed by atoms with van der Waals surface area (Å²) in [5.41, 5.74) is 1.09. The van der Waals surface area contributed by atoms with Crippen molar-refractivity contribution in [3.63, 3.8) is 0 Å². The van der Waals surface area contributed by atoms with Crippen molar-refractivity contribution in [3.05, 3.63) is 42.0 Å². The first kappa shape index (κ1) is 13.6. The van der Waals surface area contributed by atoms with E-state index in [9.17, 15) is 4.79 Å². The number of hydrogen-bond acceptors (Lipinski definition) is 2. The number of carbonyl (C=O) groups is 1. The summed E-state index contributed by atoms with van der Waals surface area (Å²) in [5, 5.41) is 2.28. The molecule has 19 heavy (non-hydrogen) atoms. The van der Waals surface area contributed by atoms with Crippen LogP contribution in [0, 0.1) is 0 Å². The van der Waals surface area contributed by atoms with Crippen LogP contribution in [0.5, 0.6) is 5.75 Å². The van der Waals surface area contributed by atoms with Crippen LogP contribution >= 0.6 is 0 Å². The second kappa shape index (κ2) is 5.87. The van der Waals surface area contributed by atoms with Crippen molar-refractivity contribution in [3.8, 4) is 5.75 Å². The van der Waals surface area contributed by atoms with Gasteiger partial charge in [-0.3, -0.25) is 4.79 Å². The first-order valence-corrected chi connectivity index (χ1v) is 6.76. The summed E-state index contributed by atoms with van der Waals surface area (Å²) in [5.74, 6) is 1.15. The van der Waals surface area contributed by atoms with E-state index in [1.165, 1.54) is 0 Å². The molecule has 2 aromatic carbocycles. The van der Waals surface area contributed by atoms with Gasteiger partial charge in [0.2, 0.25) is 0 Å². The number of Topliss-reactive ketones (excluding diaryl/α,β-unsaturated/α-hetero) is 1. The van der Waals surface area contributed by atoms with Crippen LogP contribution in [-0.4, -0.2) is 12.9 Å². The van der Waals surface area contributed by atoms with Gasteiger partial charge < -0.3 is 4.74 Å². The topological polar surface area (TPSA) is 26.3 Å². The molecule has 0 N–H and O–H groups in total. The van der Waals surface area contributed by atoms with Crippen LogP contribution in [0.1, 0.15) is 38.2 Å². The quantitative estimate of drug-likeness (QED) is 0.796. The minimum Gasteiger partial charge on any atom is -0.497 e. The Kier molecular flexibility index (Phi) is 4.20. The normalized spacial score (nSPS) is 12.4. The van der Waals surface area contributed by atoms with Crippen molar-refractivity contribution >= 4 is 16.6 Å². The Balaban J connectivity index is 2.33. The van der Waals surface area contributed by atoms with Crippen LogP contribution in [-0.2, 0) is 4.79 Å². The van der Waals surface area contributed by atoms with Crippen molar-refractivity contribution in [1.82, 2.24) is 0 Å². The van der Waals surface area contributed by atoms with Crippen molar-refractivity contribution in [2.75, 3.05) is 7.11 Å². The zero-order valence-electron chi connectivity index (χ0n) is 11.8. The summed E-state index contributed by atoms with van der Waals surface area (Å²) in [6.45, 7) is 4.03. The molecule has 2 rings (SSSR count). The highest BCUT2D eigenvalue weighted by atomic mass is 16.5. The van der Waals surface area contributed by atoms with Crippen LogP contribution in [0.3, 0.4) is 0 Å². The molecule has 2 aromatic rings. The summed E-state index contributed by atoms with van der Waals surface area (Å²) in [4.78, 5) is 12.0. The van der Waals surface area contributed by atoms with Crippen molar-refractivity contribution in [2.24, 2.45) is 0 Å². The maximum atomic E-state index is 12.0. The van der Waals surface area contributed by atoms with E-state index in [1.807, 2.05) is 38.1 Å². The van der Waals surface area contributed by atoms with Gasteiger partial charge in [0.15, 0.2) is 0 Å². The van der Waals surface area contributed by atoms with Gasteiger partial charge in [0, 0.05) is 12.3 Å². The van der Waals surface area contributed by atoms with E-state index in [4.69, 9.17) is 4.74 Å². The molecule has 0 amide bonds. The molecule has 0 spiro atoms. The summed E-state index contributed by atoms with van der Waals surface area (Å²) >= 11 is 0. The first-order chi connectivity index (χ1) is 9.15. The molecule has 0 saturated heterocycles. The number of ketones is 1. The lowest BCUT2D eigenvalue weighted by atomic mass is 9.92. The minimum absolute atomic E-state index is 0.0218. The Hall–Kier alpha value is -1.83. The van der Waals surface area contributed by atoms with E-state index in [0.717, 1.165) is 28.5 Å². The molecule has 0 bridgehead atoms. The second-order valence-corrected chi connectivity index (χ2v) is 4.91. The van der Waals surface area contributed by atoms with Crippen LogP contribution in [0.2, 0.25) is 0 Å². The summed E-state index contributed by atoms with van der Waals surface area (Å²) < 4.78 is 5.22. The minimum atomic E-state index is -0.0218. The Labute approximate surface area is 114 Å². The average Bonchev–Trinajstić information content (AvgIpc) is 2.45.